The van der Waals surface area contributed by atoms with Gasteiger partial charge in [0, 0.05) is 6.42 Å². The molecule has 0 amide bonds. The molecule has 0 saturated heterocycles. The van der Waals surface area contributed by atoms with Gasteiger partial charge in [0.15, 0.2) is 16.6 Å². The topological polar surface area (TPSA) is 31.6 Å². The third-order valence-electron chi connectivity index (χ3n) is 4.68. The molecule has 0 saturated carbocycles. The summed E-state index contributed by atoms with van der Waals surface area (Å²) in [5.74, 6) is 1.13. The van der Waals surface area contributed by atoms with Crippen LogP contribution in [0.1, 0.15) is 63.5 Å². The van der Waals surface area contributed by atoms with E-state index in [0.717, 1.165) is 18.2 Å². The van der Waals surface area contributed by atoms with E-state index >= 15 is 0 Å². The minimum atomic E-state index is -2.02. The zero-order valence-corrected chi connectivity index (χ0v) is 22.7. The highest BCUT2D eigenvalue weighted by molar-refractivity contribution is 6.87. The van der Waals surface area contributed by atoms with Crippen LogP contribution in [0.5, 0.6) is 0 Å². The second kappa shape index (κ2) is 12.5. The molecule has 1 rings (SSSR count). The van der Waals surface area contributed by atoms with Crippen molar-refractivity contribution in [2.75, 3.05) is 0 Å². The van der Waals surface area contributed by atoms with Crippen molar-refractivity contribution in [3.63, 3.8) is 0 Å². The Kier molecular flexibility index (Phi) is 11.6. The number of rotatable bonds is 16. The van der Waals surface area contributed by atoms with Gasteiger partial charge in [-0.1, -0.05) is 51.4 Å². The molecular weight excluding hydrogens is 396 g/mol. The highest BCUT2D eigenvalue weighted by atomic mass is 28.5. The van der Waals surface area contributed by atoms with Gasteiger partial charge < -0.3 is 12.6 Å². The Morgan fingerprint density at radius 2 is 1.14 bits per heavy atom. The molecule has 0 spiro atoms. The molecule has 0 aliphatic carbocycles. The van der Waals surface area contributed by atoms with E-state index in [1.54, 1.807) is 6.26 Å². The molecule has 1 aromatic heterocycles. The highest BCUT2D eigenvalue weighted by Crippen LogP contribution is 2.26. The van der Waals surface area contributed by atoms with E-state index in [1.807, 2.05) is 6.07 Å². The van der Waals surface area contributed by atoms with Crippen LogP contribution in [-0.2, 0) is 14.7 Å². The van der Waals surface area contributed by atoms with Crippen LogP contribution >= 0.6 is 0 Å². The maximum absolute atomic E-state index is 6.59. The molecule has 164 valence electrons. The fraction of sp³-hybridized carbons (Fsp3) is 0.818. The van der Waals surface area contributed by atoms with Gasteiger partial charge in [-0.15, -0.1) is 0 Å². The van der Waals surface area contributed by atoms with E-state index in [9.17, 15) is 0 Å². The van der Waals surface area contributed by atoms with Crippen molar-refractivity contribution in [2.45, 2.75) is 116 Å². The molecule has 0 bridgehead atoms. The average Bonchev–Trinajstić information content (AvgIpc) is 3.02. The van der Waals surface area contributed by atoms with E-state index in [-0.39, 0.29) is 0 Å². The lowest BCUT2D eigenvalue weighted by atomic mass is 10.1. The smallest absolute Gasteiger partial charge is 0.314 e. The van der Waals surface area contributed by atoms with Crippen LogP contribution in [0.2, 0.25) is 51.9 Å². The van der Waals surface area contributed by atoms with Crippen LogP contribution in [0.25, 0.3) is 0 Å². The van der Waals surface area contributed by atoms with Gasteiger partial charge in [0.25, 0.3) is 0 Å². The second-order valence-electron chi connectivity index (χ2n) is 10.3. The Bertz CT molecular complexity index is 488. The van der Waals surface area contributed by atoms with Gasteiger partial charge in [-0.3, -0.25) is 0 Å². The number of hydrogen-bond acceptors (Lipinski definition) is 3. The van der Waals surface area contributed by atoms with Crippen molar-refractivity contribution >= 4 is 25.2 Å². The van der Waals surface area contributed by atoms with Crippen LogP contribution in [0.3, 0.4) is 0 Å². The molecule has 0 aliphatic heterocycles. The van der Waals surface area contributed by atoms with Crippen molar-refractivity contribution in [1.29, 1.82) is 0 Å². The predicted octanol–water partition coefficient (Wildman–Crippen LogP) is 8.11. The summed E-state index contributed by atoms with van der Waals surface area (Å²) in [4.78, 5) is 0. The number of aryl methyl sites for hydroxylation is 1. The molecule has 1 aromatic rings. The van der Waals surface area contributed by atoms with Gasteiger partial charge in [0.1, 0.15) is 5.76 Å². The first-order chi connectivity index (χ1) is 13.0. The van der Waals surface area contributed by atoms with E-state index in [2.05, 4.69) is 51.9 Å². The normalized spacial score (nSPS) is 13.2. The summed E-state index contributed by atoms with van der Waals surface area (Å²) in [6.45, 7) is 16.1. The SMILES string of the molecule is C[Si](C)(C)O[Si](C)(CCCCCCCCCCCc1ccco1)O[Si](C)(C)C. The largest absolute Gasteiger partial charge is 0.469 e. The van der Waals surface area contributed by atoms with Gasteiger partial charge in [-0.05, 0) is 70.4 Å². The number of furan rings is 1. The standard InChI is InChI=1S/C22H46O3Si3/c1-26(2,3)24-28(7,25-27(4,5)6)21-16-14-12-10-8-9-11-13-15-18-22-19-17-20-23-22/h17,19-20H,8-16,18,21H2,1-7H3. The van der Waals surface area contributed by atoms with Gasteiger partial charge in [0.2, 0.25) is 0 Å². The minimum Gasteiger partial charge on any atom is -0.469 e. The third-order valence-corrected chi connectivity index (χ3v) is 14.3. The quantitative estimate of drug-likeness (QED) is 0.191. The predicted molar refractivity (Wildman–Crippen MR) is 129 cm³/mol. The Labute approximate surface area is 178 Å². The molecule has 0 N–H and O–H groups in total. The Morgan fingerprint density at radius 3 is 1.57 bits per heavy atom. The molecule has 0 atom stereocenters. The van der Waals surface area contributed by atoms with Crippen molar-refractivity contribution in [2.24, 2.45) is 0 Å². The van der Waals surface area contributed by atoms with Gasteiger partial charge >= 0.3 is 8.56 Å². The van der Waals surface area contributed by atoms with Crippen LogP contribution in [0.15, 0.2) is 22.8 Å². The number of hydrogen-bond donors (Lipinski definition) is 0. The first-order valence-corrected chi connectivity index (χ1v) is 20.8. The van der Waals surface area contributed by atoms with Crippen molar-refractivity contribution in [3.05, 3.63) is 24.2 Å². The summed E-state index contributed by atoms with van der Waals surface area (Å²) in [6, 6.07) is 5.22. The summed E-state index contributed by atoms with van der Waals surface area (Å²) in [5.41, 5.74) is 0. The van der Waals surface area contributed by atoms with Crippen LogP contribution in [0, 0.1) is 0 Å². The number of unbranched alkanes of at least 4 members (excludes halogenated alkanes) is 8. The monoisotopic (exact) mass is 442 g/mol. The van der Waals surface area contributed by atoms with E-state index in [4.69, 9.17) is 12.6 Å². The van der Waals surface area contributed by atoms with E-state index < -0.39 is 25.2 Å². The summed E-state index contributed by atoms with van der Waals surface area (Å²) in [6.07, 6.45) is 14.9. The zero-order chi connectivity index (χ0) is 21.1. The Balaban J connectivity index is 2.08. The fourth-order valence-corrected chi connectivity index (χ4v) is 16.5. The maximum Gasteiger partial charge on any atom is 0.314 e. The van der Waals surface area contributed by atoms with E-state index in [0.29, 0.717) is 0 Å². The summed E-state index contributed by atoms with van der Waals surface area (Å²) in [5, 5.41) is 0. The molecule has 6 heteroatoms. The molecule has 0 aliphatic rings. The zero-order valence-electron chi connectivity index (χ0n) is 19.7. The Morgan fingerprint density at radius 1 is 0.679 bits per heavy atom. The molecule has 1 heterocycles. The van der Waals surface area contributed by atoms with Crippen LogP contribution < -0.4 is 0 Å². The lowest BCUT2D eigenvalue weighted by Crippen LogP contribution is -2.52. The molecule has 0 aromatic carbocycles. The molecule has 0 radical (unpaired) electrons. The molecular formula is C22H46O3Si3. The molecule has 0 unspecified atom stereocenters. The van der Waals surface area contributed by atoms with Crippen molar-refractivity contribution in [3.8, 4) is 0 Å². The minimum absolute atomic E-state index is 1.09. The van der Waals surface area contributed by atoms with Gasteiger partial charge in [0.05, 0.1) is 6.26 Å². The van der Waals surface area contributed by atoms with Crippen molar-refractivity contribution in [1.82, 2.24) is 0 Å². The van der Waals surface area contributed by atoms with Gasteiger partial charge in [-0.25, -0.2) is 0 Å². The van der Waals surface area contributed by atoms with Crippen LogP contribution in [0.4, 0.5) is 0 Å². The summed E-state index contributed by atoms with van der Waals surface area (Å²) < 4.78 is 18.6. The first-order valence-electron chi connectivity index (χ1n) is 11.4. The summed E-state index contributed by atoms with van der Waals surface area (Å²) >= 11 is 0. The lowest BCUT2D eigenvalue weighted by molar-refractivity contribution is 0.380. The van der Waals surface area contributed by atoms with E-state index in [1.165, 1.54) is 57.8 Å². The first kappa shape index (κ1) is 25.9. The third kappa shape index (κ3) is 13.9. The molecule has 3 nitrogen and oxygen atoms in total. The Hall–Kier alpha value is -0.149. The second-order valence-corrected chi connectivity index (χ2v) is 23.2. The summed E-state index contributed by atoms with van der Waals surface area (Å²) in [7, 11) is -5.13. The highest BCUT2D eigenvalue weighted by Gasteiger charge is 2.39. The molecule has 28 heavy (non-hydrogen) atoms. The van der Waals surface area contributed by atoms with Crippen molar-refractivity contribution < 1.29 is 12.6 Å². The molecule has 0 fully saturated rings. The maximum atomic E-state index is 6.59. The average molecular weight is 443 g/mol. The van der Waals surface area contributed by atoms with Gasteiger partial charge in [-0.2, -0.15) is 0 Å². The van der Waals surface area contributed by atoms with Crippen LogP contribution in [-0.4, -0.2) is 25.2 Å². The lowest BCUT2D eigenvalue weighted by Gasteiger charge is -2.38. The fourth-order valence-electron chi connectivity index (χ4n) is 3.86.